The van der Waals surface area contributed by atoms with E-state index in [0.29, 0.717) is 18.2 Å². The molecule has 5 aliphatic rings. The Morgan fingerprint density at radius 3 is 2.77 bits per heavy atom. The smallest absolute Gasteiger partial charge is 0.224 e. The van der Waals surface area contributed by atoms with E-state index in [4.69, 9.17) is 9.47 Å². The third kappa shape index (κ3) is 3.19. The summed E-state index contributed by atoms with van der Waals surface area (Å²) in [6.45, 7) is 7.50. The number of nitrogens with zero attached hydrogens (tertiary/aromatic N) is 2. The van der Waals surface area contributed by atoms with Crippen LogP contribution in [0.1, 0.15) is 51.4 Å². The van der Waals surface area contributed by atoms with Gasteiger partial charge in [-0.05, 0) is 69.5 Å². The van der Waals surface area contributed by atoms with Gasteiger partial charge in [0, 0.05) is 44.1 Å². The Balaban J connectivity index is 1.68. The van der Waals surface area contributed by atoms with Crippen LogP contribution < -0.4 is 0 Å². The van der Waals surface area contributed by atoms with E-state index in [9.17, 15) is 4.79 Å². The summed E-state index contributed by atoms with van der Waals surface area (Å²) in [5.41, 5.74) is 1.21. The molecule has 31 heavy (non-hydrogen) atoms. The van der Waals surface area contributed by atoms with Gasteiger partial charge in [-0.15, -0.1) is 6.58 Å². The topological polar surface area (TPSA) is 42.0 Å². The van der Waals surface area contributed by atoms with Crippen LogP contribution in [0.2, 0.25) is 0 Å². The Morgan fingerprint density at radius 2 is 2.00 bits per heavy atom. The molecule has 3 bridgehead atoms. The SMILES string of the molecule is C=C[C@H]1CC23CN4CCCC/C=C\CC[C@@]5(C=C(C(OC)OC)[C@@H]2CC4)CC(=O)N1C35. The van der Waals surface area contributed by atoms with Crippen LogP contribution in [0.15, 0.2) is 36.5 Å². The predicted octanol–water partition coefficient (Wildman–Crippen LogP) is 3.92. The van der Waals surface area contributed by atoms with E-state index in [1.807, 2.05) is 6.08 Å². The summed E-state index contributed by atoms with van der Waals surface area (Å²) in [7, 11) is 3.49. The molecule has 0 aromatic carbocycles. The molecule has 5 heteroatoms. The molecule has 1 spiro atoms. The Labute approximate surface area is 187 Å². The molecule has 1 amide bonds. The average molecular weight is 427 g/mol. The lowest BCUT2D eigenvalue weighted by molar-refractivity contribution is -0.130. The highest BCUT2D eigenvalue weighted by Crippen LogP contribution is 2.66. The van der Waals surface area contributed by atoms with Crippen molar-refractivity contribution in [3.63, 3.8) is 0 Å². The van der Waals surface area contributed by atoms with E-state index in [1.54, 1.807) is 14.2 Å². The Kier molecular flexibility index (Phi) is 5.64. The molecule has 1 aliphatic carbocycles. The minimum atomic E-state index is -0.329. The zero-order valence-corrected chi connectivity index (χ0v) is 19.2. The van der Waals surface area contributed by atoms with Crippen molar-refractivity contribution in [2.75, 3.05) is 33.9 Å². The van der Waals surface area contributed by atoms with Gasteiger partial charge >= 0.3 is 0 Å². The first-order valence-corrected chi connectivity index (χ1v) is 12.2. The van der Waals surface area contributed by atoms with Gasteiger partial charge in [-0.1, -0.05) is 24.3 Å². The fraction of sp³-hybridized carbons (Fsp3) is 0.731. The number of carbonyl (C=O) groups excluding carboxylic acids is 1. The number of hydrogen-bond donors (Lipinski definition) is 0. The molecule has 5 rings (SSSR count). The fourth-order valence-corrected chi connectivity index (χ4v) is 7.94. The van der Waals surface area contributed by atoms with Crippen molar-refractivity contribution in [2.24, 2.45) is 16.7 Å². The highest BCUT2D eigenvalue weighted by Gasteiger charge is 2.70. The zero-order chi connectivity index (χ0) is 21.6. The van der Waals surface area contributed by atoms with Crippen LogP contribution in [0.5, 0.6) is 0 Å². The number of carbonyl (C=O) groups is 1. The van der Waals surface area contributed by atoms with E-state index in [0.717, 1.165) is 51.7 Å². The number of ether oxygens (including phenoxy) is 2. The molecule has 3 saturated heterocycles. The number of methoxy groups -OCH3 is 2. The second-order valence-corrected chi connectivity index (χ2v) is 10.4. The molecule has 3 fully saturated rings. The van der Waals surface area contributed by atoms with Crippen molar-refractivity contribution >= 4 is 5.91 Å². The summed E-state index contributed by atoms with van der Waals surface area (Å²) in [6.07, 6.45) is 17.3. The first-order valence-electron chi connectivity index (χ1n) is 12.2. The fourth-order valence-electron chi connectivity index (χ4n) is 7.94. The largest absolute Gasteiger partial charge is 0.352 e. The summed E-state index contributed by atoms with van der Waals surface area (Å²) in [5.74, 6) is 0.702. The van der Waals surface area contributed by atoms with E-state index in [1.165, 1.54) is 18.4 Å². The maximum absolute atomic E-state index is 13.5. The van der Waals surface area contributed by atoms with Crippen LogP contribution in [0, 0.1) is 16.7 Å². The van der Waals surface area contributed by atoms with Crippen LogP contribution >= 0.6 is 0 Å². The minimum absolute atomic E-state index is 0.0560. The third-order valence-corrected chi connectivity index (χ3v) is 8.90. The standard InChI is InChI=1S/C26H38N2O3/c1-4-19-15-26-18-27-13-10-8-6-5-7-9-12-25(17-22(29)28(19)24(25)26)16-20(21(26)11-14-27)23(30-2)31-3/h4-5,7,16,19,21,23-24H,1,6,8-15,17-18H2,2-3H3/b7-5-/t19-,21-,24?,25+,26?/m0/s1. The number of amides is 1. The molecular weight excluding hydrogens is 388 g/mol. The predicted molar refractivity (Wildman–Crippen MR) is 121 cm³/mol. The van der Waals surface area contributed by atoms with E-state index in [2.05, 4.69) is 34.6 Å². The van der Waals surface area contributed by atoms with Gasteiger partial charge in [-0.2, -0.15) is 0 Å². The quantitative estimate of drug-likeness (QED) is 0.505. The lowest BCUT2D eigenvalue weighted by Gasteiger charge is -2.57. The van der Waals surface area contributed by atoms with Gasteiger partial charge in [-0.3, -0.25) is 4.79 Å². The summed E-state index contributed by atoms with van der Waals surface area (Å²) >= 11 is 0. The van der Waals surface area contributed by atoms with Crippen molar-refractivity contribution in [3.8, 4) is 0 Å². The molecule has 0 aromatic rings. The van der Waals surface area contributed by atoms with Gasteiger partial charge in [0.05, 0.1) is 6.04 Å². The number of rotatable bonds is 4. The maximum Gasteiger partial charge on any atom is 0.224 e. The molecule has 0 radical (unpaired) electrons. The summed E-state index contributed by atoms with van der Waals surface area (Å²) in [4.78, 5) is 18.4. The van der Waals surface area contributed by atoms with Crippen molar-refractivity contribution in [3.05, 3.63) is 36.5 Å². The van der Waals surface area contributed by atoms with Crippen LogP contribution in [0.3, 0.4) is 0 Å². The summed E-state index contributed by atoms with van der Waals surface area (Å²) in [6, 6.07) is 0.400. The molecule has 5 nitrogen and oxygen atoms in total. The van der Waals surface area contributed by atoms with Crippen molar-refractivity contribution in [1.82, 2.24) is 9.80 Å². The Hall–Kier alpha value is -1.43. The highest BCUT2D eigenvalue weighted by atomic mass is 16.7. The number of fused-ring (bicyclic) bond motifs is 1. The van der Waals surface area contributed by atoms with Crippen molar-refractivity contribution in [2.45, 2.75) is 69.7 Å². The van der Waals surface area contributed by atoms with Crippen LogP contribution in [0.25, 0.3) is 0 Å². The zero-order valence-electron chi connectivity index (χ0n) is 19.2. The monoisotopic (exact) mass is 426 g/mol. The molecule has 6 atom stereocenters. The van der Waals surface area contributed by atoms with E-state index < -0.39 is 0 Å². The van der Waals surface area contributed by atoms with Crippen LogP contribution in [-0.4, -0.2) is 67.9 Å². The average Bonchev–Trinajstić information content (AvgIpc) is 3.26. The Morgan fingerprint density at radius 1 is 1.19 bits per heavy atom. The second-order valence-electron chi connectivity index (χ2n) is 10.4. The first kappa shape index (κ1) is 21.4. The summed E-state index contributed by atoms with van der Waals surface area (Å²) < 4.78 is 11.7. The molecule has 0 N–H and O–H groups in total. The van der Waals surface area contributed by atoms with E-state index >= 15 is 0 Å². The normalized spacial score (nSPS) is 43.1. The number of piperidine rings is 1. The minimum Gasteiger partial charge on any atom is -0.352 e. The third-order valence-electron chi connectivity index (χ3n) is 8.90. The maximum atomic E-state index is 13.5. The number of allylic oxidation sites excluding steroid dienone is 2. The van der Waals surface area contributed by atoms with Crippen LogP contribution in [-0.2, 0) is 14.3 Å². The van der Waals surface area contributed by atoms with Gasteiger partial charge in [-0.25, -0.2) is 0 Å². The second kappa shape index (κ2) is 8.17. The molecular formula is C26H38N2O3. The molecule has 4 aliphatic heterocycles. The van der Waals surface area contributed by atoms with Gasteiger partial charge in [0.15, 0.2) is 6.29 Å². The molecule has 0 saturated carbocycles. The van der Waals surface area contributed by atoms with Gasteiger partial charge in [0.25, 0.3) is 0 Å². The first-order chi connectivity index (χ1) is 15.1. The lowest BCUT2D eigenvalue weighted by atomic mass is 9.52. The molecule has 0 aromatic heterocycles. The highest BCUT2D eigenvalue weighted by molar-refractivity contribution is 5.83. The van der Waals surface area contributed by atoms with Crippen molar-refractivity contribution in [1.29, 1.82) is 0 Å². The summed E-state index contributed by atoms with van der Waals surface area (Å²) in [5, 5.41) is 0. The Bertz CT molecular complexity index is 788. The van der Waals surface area contributed by atoms with Gasteiger partial charge in [0.1, 0.15) is 0 Å². The van der Waals surface area contributed by atoms with Gasteiger partial charge < -0.3 is 19.3 Å². The number of hydrogen-bond acceptors (Lipinski definition) is 4. The van der Waals surface area contributed by atoms with E-state index in [-0.39, 0.29) is 29.2 Å². The lowest BCUT2D eigenvalue weighted by Crippen LogP contribution is -2.61. The van der Waals surface area contributed by atoms with Crippen molar-refractivity contribution < 1.29 is 14.3 Å². The molecule has 3 unspecified atom stereocenters. The van der Waals surface area contributed by atoms with Gasteiger partial charge in [0.2, 0.25) is 5.91 Å². The molecule has 170 valence electrons. The molecule has 4 heterocycles. The van der Waals surface area contributed by atoms with Crippen LogP contribution in [0.4, 0.5) is 0 Å².